The van der Waals surface area contributed by atoms with E-state index in [-0.39, 0.29) is 11.3 Å². The van der Waals surface area contributed by atoms with Crippen LogP contribution in [-0.4, -0.2) is 12.5 Å². The molecule has 1 atom stereocenters. The van der Waals surface area contributed by atoms with E-state index in [0.717, 1.165) is 17.8 Å². The van der Waals surface area contributed by atoms with Gasteiger partial charge in [0.25, 0.3) is 0 Å². The molecule has 0 aromatic heterocycles. The summed E-state index contributed by atoms with van der Waals surface area (Å²) in [6.07, 6.45) is 4.85. The topological polar surface area (TPSA) is 46.3 Å². The lowest BCUT2D eigenvalue weighted by Crippen LogP contribution is -2.40. The van der Waals surface area contributed by atoms with Gasteiger partial charge in [-0.15, -0.1) is 0 Å². The van der Waals surface area contributed by atoms with Gasteiger partial charge >= 0.3 is 0 Å². The number of benzene rings is 2. The molecular weight excluding hydrogens is 284 g/mol. The van der Waals surface area contributed by atoms with Gasteiger partial charge in [0, 0.05) is 17.6 Å². The highest BCUT2D eigenvalue weighted by molar-refractivity contribution is 6.00. The molecule has 1 unspecified atom stereocenters. The Labute approximate surface area is 137 Å². The van der Waals surface area contributed by atoms with Crippen molar-refractivity contribution >= 4 is 11.6 Å². The SMILES string of the molecule is NC(C(=O)N1CC2(CCCC2)c2ccccc21)c1ccccc1. The first kappa shape index (κ1) is 14.5. The Kier molecular flexibility index (Phi) is 3.46. The number of amides is 1. The summed E-state index contributed by atoms with van der Waals surface area (Å²) in [5, 5.41) is 0. The van der Waals surface area contributed by atoms with Crippen molar-refractivity contribution in [3.8, 4) is 0 Å². The maximum absolute atomic E-state index is 13.0. The highest BCUT2D eigenvalue weighted by Gasteiger charge is 2.46. The van der Waals surface area contributed by atoms with Crippen molar-refractivity contribution in [2.24, 2.45) is 5.73 Å². The largest absolute Gasteiger partial charge is 0.316 e. The highest BCUT2D eigenvalue weighted by atomic mass is 16.2. The Morgan fingerprint density at radius 2 is 1.65 bits per heavy atom. The van der Waals surface area contributed by atoms with Crippen LogP contribution in [0.25, 0.3) is 0 Å². The van der Waals surface area contributed by atoms with Gasteiger partial charge in [-0.2, -0.15) is 0 Å². The molecule has 1 aliphatic heterocycles. The fraction of sp³-hybridized carbons (Fsp3) is 0.350. The molecule has 2 aromatic carbocycles. The van der Waals surface area contributed by atoms with Gasteiger partial charge in [0.05, 0.1) is 0 Å². The molecule has 1 amide bonds. The fourth-order valence-corrected chi connectivity index (χ4v) is 4.28. The van der Waals surface area contributed by atoms with Crippen LogP contribution in [0.5, 0.6) is 0 Å². The summed E-state index contributed by atoms with van der Waals surface area (Å²) >= 11 is 0. The Bertz CT molecular complexity index is 719. The third kappa shape index (κ3) is 2.27. The fourth-order valence-electron chi connectivity index (χ4n) is 4.28. The maximum atomic E-state index is 13.0. The quantitative estimate of drug-likeness (QED) is 0.922. The van der Waals surface area contributed by atoms with Crippen LogP contribution in [0.4, 0.5) is 5.69 Å². The molecule has 3 nitrogen and oxygen atoms in total. The van der Waals surface area contributed by atoms with Gasteiger partial charge < -0.3 is 10.6 Å². The van der Waals surface area contributed by atoms with E-state index >= 15 is 0 Å². The van der Waals surface area contributed by atoms with Crippen molar-refractivity contribution in [2.75, 3.05) is 11.4 Å². The number of para-hydroxylation sites is 1. The Morgan fingerprint density at radius 3 is 2.39 bits per heavy atom. The summed E-state index contributed by atoms with van der Waals surface area (Å²) in [7, 11) is 0. The van der Waals surface area contributed by atoms with Gasteiger partial charge in [0.2, 0.25) is 5.91 Å². The zero-order valence-corrected chi connectivity index (χ0v) is 13.2. The summed E-state index contributed by atoms with van der Waals surface area (Å²) in [6.45, 7) is 0.783. The first-order chi connectivity index (χ1) is 11.2. The molecule has 1 saturated carbocycles. The van der Waals surface area contributed by atoms with Crippen LogP contribution in [0.1, 0.15) is 42.9 Å². The normalized spacial score (nSPS) is 19.8. The van der Waals surface area contributed by atoms with E-state index in [0.29, 0.717) is 0 Å². The standard InChI is InChI=1S/C20H22N2O/c21-18(15-8-2-1-3-9-15)19(23)22-14-20(12-6-7-13-20)16-10-4-5-11-17(16)22/h1-5,8-11,18H,6-7,12-14,21H2. The number of rotatable bonds is 2. The highest BCUT2D eigenvalue weighted by Crippen LogP contribution is 2.50. The van der Waals surface area contributed by atoms with Crippen molar-refractivity contribution in [1.82, 2.24) is 0 Å². The van der Waals surface area contributed by atoms with E-state index < -0.39 is 6.04 Å². The van der Waals surface area contributed by atoms with E-state index in [4.69, 9.17) is 5.73 Å². The van der Waals surface area contributed by atoms with Gasteiger partial charge in [-0.05, 0) is 30.0 Å². The molecular formula is C20H22N2O. The van der Waals surface area contributed by atoms with Crippen molar-refractivity contribution in [2.45, 2.75) is 37.1 Å². The number of fused-ring (bicyclic) bond motifs is 2. The van der Waals surface area contributed by atoms with E-state index in [1.807, 2.05) is 41.3 Å². The minimum absolute atomic E-state index is 0.00687. The van der Waals surface area contributed by atoms with Gasteiger partial charge in [-0.25, -0.2) is 0 Å². The van der Waals surface area contributed by atoms with Crippen molar-refractivity contribution in [3.63, 3.8) is 0 Å². The minimum atomic E-state index is -0.596. The Balaban J connectivity index is 1.69. The minimum Gasteiger partial charge on any atom is -0.316 e. The predicted octanol–water partition coefficient (Wildman–Crippen LogP) is 3.55. The second-order valence-corrected chi connectivity index (χ2v) is 6.82. The number of nitrogens with zero attached hydrogens (tertiary/aromatic N) is 1. The third-order valence-electron chi connectivity index (χ3n) is 5.48. The van der Waals surface area contributed by atoms with E-state index in [9.17, 15) is 4.79 Å². The zero-order chi connectivity index (χ0) is 15.9. The molecule has 0 bridgehead atoms. The predicted molar refractivity (Wildman–Crippen MR) is 92.3 cm³/mol. The second kappa shape index (κ2) is 5.50. The smallest absolute Gasteiger partial charge is 0.248 e. The molecule has 1 spiro atoms. The number of hydrogen-bond donors (Lipinski definition) is 1. The average Bonchev–Trinajstić information content (AvgIpc) is 3.21. The lowest BCUT2D eigenvalue weighted by molar-refractivity contribution is -0.120. The summed E-state index contributed by atoms with van der Waals surface area (Å²) in [5.41, 5.74) is 9.70. The summed E-state index contributed by atoms with van der Waals surface area (Å²) in [6, 6.07) is 17.4. The van der Waals surface area contributed by atoms with Gasteiger partial charge in [0.15, 0.2) is 0 Å². The molecule has 4 rings (SSSR count). The molecule has 1 heterocycles. The molecule has 1 aliphatic carbocycles. The van der Waals surface area contributed by atoms with Crippen LogP contribution in [0.2, 0.25) is 0 Å². The van der Waals surface area contributed by atoms with Crippen molar-refractivity contribution in [3.05, 3.63) is 65.7 Å². The molecule has 0 radical (unpaired) electrons. The number of anilines is 1. The number of carbonyl (C=O) groups excluding carboxylic acids is 1. The number of carbonyl (C=O) groups is 1. The van der Waals surface area contributed by atoms with E-state index in [1.165, 1.54) is 31.2 Å². The van der Waals surface area contributed by atoms with E-state index in [1.54, 1.807) is 0 Å². The van der Waals surface area contributed by atoms with Gasteiger partial charge in [-0.3, -0.25) is 4.79 Å². The molecule has 3 heteroatoms. The average molecular weight is 306 g/mol. The van der Waals surface area contributed by atoms with Crippen LogP contribution in [0.3, 0.4) is 0 Å². The zero-order valence-electron chi connectivity index (χ0n) is 13.2. The van der Waals surface area contributed by atoms with Gasteiger partial charge in [0.1, 0.15) is 6.04 Å². The van der Waals surface area contributed by atoms with E-state index in [2.05, 4.69) is 18.2 Å². The van der Waals surface area contributed by atoms with Crippen molar-refractivity contribution < 1.29 is 4.79 Å². The summed E-state index contributed by atoms with van der Waals surface area (Å²) in [5.74, 6) is 0.00687. The molecule has 2 aliphatic rings. The molecule has 2 N–H and O–H groups in total. The Hall–Kier alpha value is -2.13. The molecule has 1 fully saturated rings. The first-order valence-corrected chi connectivity index (χ1v) is 8.43. The van der Waals surface area contributed by atoms with Crippen LogP contribution in [-0.2, 0) is 10.2 Å². The summed E-state index contributed by atoms with van der Waals surface area (Å²) in [4.78, 5) is 15.0. The maximum Gasteiger partial charge on any atom is 0.248 e. The van der Waals surface area contributed by atoms with Crippen LogP contribution >= 0.6 is 0 Å². The monoisotopic (exact) mass is 306 g/mol. The third-order valence-corrected chi connectivity index (χ3v) is 5.48. The molecule has 0 saturated heterocycles. The van der Waals surface area contributed by atoms with Crippen LogP contribution in [0.15, 0.2) is 54.6 Å². The number of nitrogens with two attached hydrogens (primary N) is 1. The van der Waals surface area contributed by atoms with Crippen LogP contribution < -0.4 is 10.6 Å². The molecule has 2 aromatic rings. The first-order valence-electron chi connectivity index (χ1n) is 8.43. The van der Waals surface area contributed by atoms with Crippen molar-refractivity contribution in [1.29, 1.82) is 0 Å². The molecule has 23 heavy (non-hydrogen) atoms. The molecule has 118 valence electrons. The number of hydrogen-bond acceptors (Lipinski definition) is 2. The lowest BCUT2D eigenvalue weighted by atomic mass is 9.81. The summed E-state index contributed by atoms with van der Waals surface area (Å²) < 4.78 is 0. The van der Waals surface area contributed by atoms with Gasteiger partial charge in [-0.1, -0.05) is 61.4 Å². The van der Waals surface area contributed by atoms with Crippen LogP contribution in [0, 0.1) is 0 Å². The second-order valence-electron chi connectivity index (χ2n) is 6.82. The Morgan fingerprint density at radius 1 is 1.00 bits per heavy atom. The lowest BCUT2D eigenvalue weighted by Gasteiger charge is -2.26.